The first kappa shape index (κ1) is 12.6. The molecule has 0 saturated heterocycles. The van der Waals surface area contributed by atoms with Gasteiger partial charge < -0.3 is 4.98 Å². The van der Waals surface area contributed by atoms with E-state index in [2.05, 4.69) is 16.0 Å². The molecule has 0 unspecified atom stereocenters. The van der Waals surface area contributed by atoms with Gasteiger partial charge in [0.1, 0.15) is 0 Å². The van der Waals surface area contributed by atoms with Crippen molar-refractivity contribution in [2.75, 3.05) is 0 Å². The number of nitriles is 1. The molecule has 3 rings (SSSR count). The number of nitrogens with zero attached hydrogens (tertiary/aromatic N) is 3. The van der Waals surface area contributed by atoms with Crippen LogP contribution >= 0.6 is 12.2 Å². The Morgan fingerprint density at radius 1 is 1.25 bits per heavy atom. The first-order valence-corrected chi connectivity index (χ1v) is 6.60. The zero-order chi connectivity index (χ0) is 14.3. The second kappa shape index (κ2) is 4.58. The molecule has 20 heavy (non-hydrogen) atoms. The Balaban J connectivity index is 2.40. The standard InChI is InChI=1S/C15H12N4S/c1-9-3-5-11(8-16)7-13(9)19-14-12(18-15(19)20)6-4-10(2)17-14/h3-7H,1-2H3,(H,18,20). The van der Waals surface area contributed by atoms with Crippen LogP contribution in [0.1, 0.15) is 16.8 Å². The highest BCUT2D eigenvalue weighted by Gasteiger charge is 2.11. The molecule has 0 aliphatic heterocycles. The van der Waals surface area contributed by atoms with Gasteiger partial charge in [-0.1, -0.05) is 6.07 Å². The normalized spacial score (nSPS) is 10.7. The summed E-state index contributed by atoms with van der Waals surface area (Å²) in [7, 11) is 0. The van der Waals surface area contributed by atoms with E-state index < -0.39 is 0 Å². The monoisotopic (exact) mass is 280 g/mol. The number of aromatic nitrogens is 3. The highest BCUT2D eigenvalue weighted by Crippen LogP contribution is 2.22. The van der Waals surface area contributed by atoms with Crippen molar-refractivity contribution in [2.24, 2.45) is 0 Å². The fourth-order valence-electron chi connectivity index (χ4n) is 2.22. The van der Waals surface area contributed by atoms with Crippen LogP contribution in [0.25, 0.3) is 16.9 Å². The number of aryl methyl sites for hydroxylation is 2. The topological polar surface area (TPSA) is 57.4 Å². The molecule has 2 heterocycles. The number of fused-ring (bicyclic) bond motifs is 1. The molecule has 0 radical (unpaired) electrons. The van der Waals surface area contributed by atoms with Crippen LogP contribution in [0, 0.1) is 29.9 Å². The lowest BCUT2D eigenvalue weighted by molar-refractivity contribution is 1.02. The predicted octanol–water partition coefficient (Wildman–Crippen LogP) is 3.57. The van der Waals surface area contributed by atoms with E-state index in [1.807, 2.05) is 42.7 Å². The van der Waals surface area contributed by atoms with Crippen LogP contribution in [0.15, 0.2) is 30.3 Å². The van der Waals surface area contributed by atoms with Gasteiger partial charge in [0.2, 0.25) is 0 Å². The van der Waals surface area contributed by atoms with Crippen molar-refractivity contribution in [3.8, 4) is 11.8 Å². The largest absolute Gasteiger partial charge is 0.329 e. The molecule has 0 bridgehead atoms. The van der Waals surface area contributed by atoms with Crippen molar-refractivity contribution in [2.45, 2.75) is 13.8 Å². The number of hydrogen-bond acceptors (Lipinski definition) is 3. The predicted molar refractivity (Wildman–Crippen MR) is 80.4 cm³/mol. The third kappa shape index (κ3) is 1.91. The zero-order valence-corrected chi connectivity index (χ0v) is 12.0. The summed E-state index contributed by atoms with van der Waals surface area (Å²) in [5, 5.41) is 9.07. The first-order valence-electron chi connectivity index (χ1n) is 6.19. The van der Waals surface area contributed by atoms with Gasteiger partial charge in [0, 0.05) is 5.69 Å². The summed E-state index contributed by atoms with van der Waals surface area (Å²) < 4.78 is 2.46. The van der Waals surface area contributed by atoms with Gasteiger partial charge in [0.15, 0.2) is 10.4 Å². The maximum atomic E-state index is 9.07. The summed E-state index contributed by atoms with van der Waals surface area (Å²) in [6.07, 6.45) is 0. The van der Waals surface area contributed by atoms with E-state index in [9.17, 15) is 0 Å². The van der Waals surface area contributed by atoms with Crippen molar-refractivity contribution in [3.63, 3.8) is 0 Å². The number of H-pyrrole nitrogens is 1. The highest BCUT2D eigenvalue weighted by molar-refractivity contribution is 7.71. The molecule has 3 aromatic rings. The molecular formula is C15H12N4S. The summed E-state index contributed by atoms with van der Waals surface area (Å²) in [6, 6.07) is 11.6. The van der Waals surface area contributed by atoms with Crippen LogP contribution in [0.4, 0.5) is 0 Å². The summed E-state index contributed by atoms with van der Waals surface area (Å²) >= 11 is 5.40. The van der Waals surface area contributed by atoms with Crippen LogP contribution in [0.5, 0.6) is 0 Å². The number of hydrogen-bond donors (Lipinski definition) is 1. The third-order valence-electron chi connectivity index (χ3n) is 3.25. The van der Waals surface area contributed by atoms with Crippen LogP contribution in [0.3, 0.4) is 0 Å². The molecule has 1 aromatic carbocycles. The lowest BCUT2D eigenvalue weighted by Gasteiger charge is -2.08. The second-order valence-corrected chi connectivity index (χ2v) is 5.09. The lowest BCUT2D eigenvalue weighted by atomic mass is 10.1. The Hall–Kier alpha value is -2.45. The highest BCUT2D eigenvalue weighted by atomic mass is 32.1. The molecule has 0 amide bonds. The average Bonchev–Trinajstić information content (AvgIpc) is 2.75. The van der Waals surface area contributed by atoms with E-state index in [1.54, 1.807) is 6.07 Å². The van der Waals surface area contributed by atoms with Crippen molar-refractivity contribution < 1.29 is 0 Å². The zero-order valence-electron chi connectivity index (χ0n) is 11.1. The number of aromatic amines is 1. The summed E-state index contributed by atoms with van der Waals surface area (Å²) in [4.78, 5) is 7.70. The van der Waals surface area contributed by atoms with Gasteiger partial charge >= 0.3 is 0 Å². The number of pyridine rings is 1. The van der Waals surface area contributed by atoms with Gasteiger partial charge in [-0.15, -0.1) is 0 Å². The Labute approximate surface area is 121 Å². The SMILES string of the molecule is Cc1ccc2[nH]c(=S)n(-c3cc(C#N)ccc3C)c2n1. The Kier molecular flexibility index (Phi) is 2.88. The van der Waals surface area contributed by atoms with Gasteiger partial charge in [-0.3, -0.25) is 4.57 Å². The molecule has 0 spiro atoms. The number of nitrogens with one attached hydrogen (secondary N) is 1. The van der Waals surface area contributed by atoms with Crippen LogP contribution in [-0.4, -0.2) is 14.5 Å². The Morgan fingerprint density at radius 2 is 2.05 bits per heavy atom. The molecule has 1 N–H and O–H groups in total. The van der Waals surface area contributed by atoms with Crippen LogP contribution < -0.4 is 0 Å². The molecule has 4 nitrogen and oxygen atoms in total. The molecule has 5 heteroatoms. The van der Waals surface area contributed by atoms with E-state index in [0.717, 1.165) is 28.1 Å². The van der Waals surface area contributed by atoms with Gasteiger partial charge in [-0.05, 0) is 55.9 Å². The van der Waals surface area contributed by atoms with E-state index >= 15 is 0 Å². The molecule has 2 aromatic heterocycles. The summed E-state index contributed by atoms with van der Waals surface area (Å²) in [5.74, 6) is 0. The smallest absolute Gasteiger partial charge is 0.184 e. The summed E-state index contributed by atoms with van der Waals surface area (Å²) in [5.41, 5.74) is 5.14. The quantitative estimate of drug-likeness (QED) is 0.693. The van der Waals surface area contributed by atoms with Crippen molar-refractivity contribution >= 4 is 23.4 Å². The second-order valence-electron chi connectivity index (χ2n) is 4.70. The van der Waals surface area contributed by atoms with Gasteiger partial charge in [0.05, 0.1) is 22.8 Å². The number of benzene rings is 1. The molecule has 98 valence electrons. The lowest BCUT2D eigenvalue weighted by Crippen LogP contribution is -1.99. The van der Waals surface area contributed by atoms with Crippen molar-refractivity contribution in [1.82, 2.24) is 14.5 Å². The van der Waals surface area contributed by atoms with E-state index in [4.69, 9.17) is 17.5 Å². The van der Waals surface area contributed by atoms with Gasteiger partial charge in [-0.2, -0.15) is 5.26 Å². The fraction of sp³-hybridized carbons (Fsp3) is 0.133. The summed E-state index contributed by atoms with van der Waals surface area (Å²) in [6.45, 7) is 3.94. The molecular weight excluding hydrogens is 268 g/mol. The molecule has 0 aliphatic rings. The minimum Gasteiger partial charge on any atom is -0.329 e. The molecule has 0 saturated carbocycles. The average molecular weight is 280 g/mol. The first-order chi connectivity index (χ1) is 9.60. The maximum Gasteiger partial charge on any atom is 0.184 e. The van der Waals surface area contributed by atoms with Crippen molar-refractivity contribution in [1.29, 1.82) is 5.26 Å². The minimum atomic E-state index is 0.580. The minimum absolute atomic E-state index is 0.580. The maximum absolute atomic E-state index is 9.07. The molecule has 0 aliphatic carbocycles. The van der Waals surface area contributed by atoms with Crippen molar-refractivity contribution in [3.05, 3.63) is 51.9 Å². The van der Waals surface area contributed by atoms with E-state index in [-0.39, 0.29) is 0 Å². The van der Waals surface area contributed by atoms with E-state index in [0.29, 0.717) is 10.3 Å². The van der Waals surface area contributed by atoms with Gasteiger partial charge in [-0.25, -0.2) is 4.98 Å². The molecule has 0 fully saturated rings. The Bertz CT molecular complexity index is 912. The van der Waals surface area contributed by atoms with Crippen LogP contribution in [0.2, 0.25) is 0 Å². The van der Waals surface area contributed by atoms with Crippen LogP contribution in [-0.2, 0) is 0 Å². The third-order valence-corrected chi connectivity index (χ3v) is 3.53. The number of rotatable bonds is 1. The van der Waals surface area contributed by atoms with Gasteiger partial charge in [0.25, 0.3) is 0 Å². The van der Waals surface area contributed by atoms with E-state index in [1.165, 1.54) is 0 Å². The number of imidazole rings is 1. The Morgan fingerprint density at radius 3 is 2.80 bits per heavy atom. The fourth-order valence-corrected chi connectivity index (χ4v) is 2.52. The molecule has 0 atom stereocenters.